The minimum Gasteiger partial charge on any atom is -0.496 e. The zero-order valence-corrected chi connectivity index (χ0v) is 19.0. The van der Waals surface area contributed by atoms with Gasteiger partial charge in [-0.1, -0.05) is 12.1 Å². The zero-order valence-electron chi connectivity index (χ0n) is 19.0. The monoisotopic (exact) mass is 429 g/mol. The molecule has 0 saturated carbocycles. The van der Waals surface area contributed by atoms with Crippen LogP contribution in [0.2, 0.25) is 0 Å². The van der Waals surface area contributed by atoms with Gasteiger partial charge in [-0.2, -0.15) is 0 Å². The second kappa shape index (κ2) is 8.75. The number of aromatic nitrogens is 1. The number of rotatable bonds is 5. The van der Waals surface area contributed by atoms with Crippen molar-refractivity contribution in [2.75, 3.05) is 19.5 Å². The summed E-state index contributed by atoms with van der Waals surface area (Å²) in [5.74, 6) is 0.819. The number of carbonyl (C=O) groups is 1. The van der Waals surface area contributed by atoms with E-state index in [-0.39, 0.29) is 6.61 Å². The van der Waals surface area contributed by atoms with E-state index in [9.17, 15) is 4.79 Å². The molecule has 3 aromatic carbocycles. The van der Waals surface area contributed by atoms with Gasteiger partial charge in [0, 0.05) is 29.6 Å². The number of nitrogens with one attached hydrogen (secondary N) is 2. The average molecular weight is 430 g/mol. The van der Waals surface area contributed by atoms with Crippen LogP contribution in [0.1, 0.15) is 22.3 Å². The molecule has 1 aromatic heterocycles. The van der Waals surface area contributed by atoms with E-state index < -0.39 is 6.09 Å². The molecule has 6 nitrogen and oxygen atoms in total. The van der Waals surface area contributed by atoms with E-state index in [4.69, 9.17) is 14.5 Å². The Bertz CT molecular complexity index is 1310. The molecule has 0 aliphatic heterocycles. The number of aryl methyl sites for hydroxylation is 3. The van der Waals surface area contributed by atoms with Crippen molar-refractivity contribution in [1.82, 2.24) is 10.3 Å². The van der Waals surface area contributed by atoms with Gasteiger partial charge in [0.2, 0.25) is 0 Å². The van der Waals surface area contributed by atoms with Crippen molar-refractivity contribution in [3.8, 4) is 5.75 Å². The van der Waals surface area contributed by atoms with Crippen LogP contribution in [0, 0.1) is 20.8 Å². The van der Waals surface area contributed by atoms with Crippen molar-refractivity contribution in [1.29, 1.82) is 0 Å². The molecule has 32 heavy (non-hydrogen) atoms. The van der Waals surface area contributed by atoms with Crippen LogP contribution < -0.4 is 15.4 Å². The van der Waals surface area contributed by atoms with Crippen molar-refractivity contribution in [2.45, 2.75) is 27.4 Å². The topological polar surface area (TPSA) is 72.5 Å². The maximum Gasteiger partial charge on any atom is 0.407 e. The molecule has 0 bridgehead atoms. The molecule has 0 saturated heterocycles. The molecular formula is C26H27N3O3. The van der Waals surface area contributed by atoms with Crippen LogP contribution in [0.5, 0.6) is 5.75 Å². The van der Waals surface area contributed by atoms with Crippen molar-refractivity contribution in [3.05, 3.63) is 70.8 Å². The number of hydrogen-bond donors (Lipinski definition) is 2. The van der Waals surface area contributed by atoms with E-state index >= 15 is 0 Å². The number of fused-ring (bicyclic) bond motifs is 2. The van der Waals surface area contributed by atoms with Gasteiger partial charge in [-0.05, 0) is 73.4 Å². The largest absolute Gasteiger partial charge is 0.496 e. The quantitative estimate of drug-likeness (QED) is 0.385. The van der Waals surface area contributed by atoms with Gasteiger partial charge < -0.3 is 20.1 Å². The number of benzene rings is 3. The lowest BCUT2D eigenvalue weighted by Gasteiger charge is -2.16. The normalized spacial score (nSPS) is 10.9. The summed E-state index contributed by atoms with van der Waals surface area (Å²) in [6.07, 6.45) is -0.446. The zero-order chi connectivity index (χ0) is 22.8. The molecule has 0 spiro atoms. The van der Waals surface area contributed by atoms with Gasteiger partial charge in [0.15, 0.2) is 0 Å². The molecule has 0 fully saturated rings. The third kappa shape index (κ3) is 4.17. The fraction of sp³-hybridized carbons (Fsp3) is 0.231. The molecule has 0 atom stereocenters. The lowest BCUT2D eigenvalue weighted by atomic mass is 10.0. The summed E-state index contributed by atoms with van der Waals surface area (Å²) in [5, 5.41) is 8.15. The Morgan fingerprint density at radius 2 is 1.53 bits per heavy atom. The summed E-state index contributed by atoms with van der Waals surface area (Å²) in [4.78, 5) is 16.2. The molecule has 1 amide bonds. The van der Waals surface area contributed by atoms with E-state index in [1.165, 1.54) is 11.1 Å². The lowest BCUT2D eigenvalue weighted by molar-refractivity contribution is 0.142. The number of hydrogen-bond acceptors (Lipinski definition) is 5. The SMILES string of the molecule is CNC(=O)OCc1ccc(Nc2c3cc(C)c(C)cc3nc3cc(OC)c(C)cc23)cc1. The molecule has 0 unspecified atom stereocenters. The Morgan fingerprint density at radius 1 is 0.906 bits per heavy atom. The number of carbonyl (C=O) groups excluding carboxylic acids is 1. The predicted molar refractivity (Wildman–Crippen MR) is 129 cm³/mol. The van der Waals surface area contributed by atoms with Crippen LogP contribution in [0.4, 0.5) is 16.2 Å². The van der Waals surface area contributed by atoms with Gasteiger partial charge in [-0.15, -0.1) is 0 Å². The van der Waals surface area contributed by atoms with Crippen molar-refractivity contribution < 1.29 is 14.3 Å². The summed E-state index contributed by atoms with van der Waals surface area (Å²) in [5.41, 5.74) is 8.14. The standard InChI is InChI=1S/C26H27N3O3/c1-15-10-20-22(12-16(15)2)29-23-13-24(31-5)17(3)11-21(23)25(20)28-19-8-6-18(7-9-19)14-32-26(30)27-4/h6-13H,14H2,1-5H3,(H,27,30)(H,28,29). The Morgan fingerprint density at radius 3 is 2.19 bits per heavy atom. The number of methoxy groups -OCH3 is 1. The van der Waals surface area contributed by atoms with Gasteiger partial charge in [0.25, 0.3) is 0 Å². The number of anilines is 2. The van der Waals surface area contributed by atoms with Crippen LogP contribution in [-0.2, 0) is 11.3 Å². The predicted octanol–water partition coefficient (Wildman–Crippen LogP) is 5.92. The van der Waals surface area contributed by atoms with Crippen LogP contribution in [0.25, 0.3) is 21.8 Å². The van der Waals surface area contributed by atoms with E-state index in [0.29, 0.717) is 0 Å². The minimum atomic E-state index is -0.446. The van der Waals surface area contributed by atoms with Crippen LogP contribution in [-0.4, -0.2) is 25.2 Å². The highest BCUT2D eigenvalue weighted by atomic mass is 16.5. The third-order valence-electron chi connectivity index (χ3n) is 5.70. The maximum atomic E-state index is 11.3. The molecule has 0 aliphatic carbocycles. The van der Waals surface area contributed by atoms with Crippen molar-refractivity contribution in [3.63, 3.8) is 0 Å². The Balaban J connectivity index is 1.79. The van der Waals surface area contributed by atoms with E-state index in [1.54, 1.807) is 14.2 Å². The van der Waals surface area contributed by atoms with Gasteiger partial charge in [-0.25, -0.2) is 9.78 Å². The lowest BCUT2D eigenvalue weighted by Crippen LogP contribution is -2.18. The first-order valence-corrected chi connectivity index (χ1v) is 10.5. The van der Waals surface area contributed by atoms with E-state index in [0.717, 1.165) is 50.1 Å². The third-order valence-corrected chi connectivity index (χ3v) is 5.70. The smallest absolute Gasteiger partial charge is 0.407 e. The molecular weight excluding hydrogens is 402 g/mol. The first kappa shape index (κ1) is 21.4. The molecule has 1 heterocycles. The summed E-state index contributed by atoms with van der Waals surface area (Å²) in [6, 6.07) is 16.3. The average Bonchev–Trinajstić information content (AvgIpc) is 2.79. The number of ether oxygens (including phenoxy) is 2. The Kier molecular flexibility index (Phi) is 5.86. The highest BCUT2D eigenvalue weighted by Gasteiger charge is 2.14. The highest BCUT2D eigenvalue weighted by Crippen LogP contribution is 2.37. The van der Waals surface area contributed by atoms with Crippen molar-refractivity contribution in [2.24, 2.45) is 0 Å². The second-order valence-electron chi connectivity index (χ2n) is 7.93. The van der Waals surface area contributed by atoms with E-state index in [2.05, 4.69) is 42.7 Å². The molecule has 0 radical (unpaired) electrons. The van der Waals surface area contributed by atoms with Crippen LogP contribution in [0.3, 0.4) is 0 Å². The summed E-state index contributed by atoms with van der Waals surface area (Å²) in [7, 11) is 3.22. The number of alkyl carbamates (subject to hydrolysis) is 1. The maximum absolute atomic E-state index is 11.3. The molecule has 6 heteroatoms. The second-order valence-corrected chi connectivity index (χ2v) is 7.93. The fourth-order valence-corrected chi connectivity index (χ4v) is 3.74. The molecule has 2 N–H and O–H groups in total. The van der Waals surface area contributed by atoms with E-state index in [1.807, 2.05) is 37.3 Å². The van der Waals surface area contributed by atoms with Crippen molar-refractivity contribution >= 4 is 39.3 Å². The summed E-state index contributed by atoms with van der Waals surface area (Å²) >= 11 is 0. The molecule has 164 valence electrons. The minimum absolute atomic E-state index is 0.221. The number of nitrogens with zero attached hydrogens (tertiary/aromatic N) is 1. The Labute approximate surface area is 187 Å². The first-order chi connectivity index (χ1) is 15.4. The molecule has 4 aromatic rings. The number of pyridine rings is 1. The summed E-state index contributed by atoms with van der Waals surface area (Å²) in [6.45, 7) is 6.47. The van der Waals surface area contributed by atoms with Gasteiger partial charge in [-0.3, -0.25) is 0 Å². The molecule has 4 rings (SSSR count). The van der Waals surface area contributed by atoms with Crippen LogP contribution >= 0.6 is 0 Å². The van der Waals surface area contributed by atoms with Gasteiger partial charge in [0.1, 0.15) is 12.4 Å². The van der Waals surface area contributed by atoms with Gasteiger partial charge in [0.05, 0.1) is 23.8 Å². The fourth-order valence-electron chi connectivity index (χ4n) is 3.74. The molecule has 0 aliphatic rings. The summed E-state index contributed by atoms with van der Waals surface area (Å²) < 4.78 is 10.6. The van der Waals surface area contributed by atoms with Gasteiger partial charge >= 0.3 is 6.09 Å². The number of amides is 1. The highest BCUT2D eigenvalue weighted by molar-refractivity contribution is 6.09. The van der Waals surface area contributed by atoms with Crippen LogP contribution in [0.15, 0.2) is 48.5 Å². The Hall–Kier alpha value is -3.80. The first-order valence-electron chi connectivity index (χ1n) is 10.5.